The highest BCUT2D eigenvalue weighted by Gasteiger charge is 2.51. The third-order valence-electron chi connectivity index (χ3n) is 6.28. The van der Waals surface area contributed by atoms with E-state index < -0.39 is 5.54 Å². The van der Waals surface area contributed by atoms with Crippen LogP contribution in [-0.4, -0.2) is 33.5 Å². The molecule has 1 aromatic rings. The fourth-order valence-corrected chi connectivity index (χ4v) is 4.57. The molecule has 0 aromatic heterocycles. The van der Waals surface area contributed by atoms with Crippen LogP contribution in [0.5, 0.6) is 0 Å². The molecular weight excluding hydrogens is 372 g/mol. The highest BCUT2D eigenvalue weighted by Crippen LogP contribution is 2.34. The van der Waals surface area contributed by atoms with Gasteiger partial charge in [-0.15, -0.1) is 0 Å². The van der Waals surface area contributed by atoms with Crippen molar-refractivity contribution in [3.63, 3.8) is 0 Å². The summed E-state index contributed by atoms with van der Waals surface area (Å²) in [6.07, 6.45) is 8.22. The predicted molar refractivity (Wildman–Crippen MR) is 112 cm³/mol. The molecule has 1 aromatic carbocycles. The number of rotatable bonds is 5. The number of carbonyl (C=O) groups is 2. The minimum Gasteiger partial charge on any atom is -0.360 e. The number of imide groups is 1. The van der Waals surface area contributed by atoms with E-state index in [1.807, 2.05) is 24.3 Å². The van der Waals surface area contributed by atoms with Crippen LogP contribution in [0.3, 0.4) is 0 Å². The third-order valence-corrected chi connectivity index (χ3v) is 6.54. The molecule has 1 saturated heterocycles. The molecule has 1 heterocycles. The summed E-state index contributed by atoms with van der Waals surface area (Å²) in [7, 11) is 0. The molecule has 3 amide bonds. The van der Waals surface area contributed by atoms with E-state index in [4.69, 9.17) is 12.2 Å². The van der Waals surface area contributed by atoms with E-state index in [-0.39, 0.29) is 11.9 Å². The molecule has 2 aliphatic carbocycles. The number of hydrogen-bond acceptors (Lipinski definition) is 3. The molecule has 0 atom stereocenters. The van der Waals surface area contributed by atoms with E-state index in [1.165, 1.54) is 24.2 Å². The molecule has 6 nitrogen and oxygen atoms in total. The fraction of sp³-hybridized carbons (Fsp3) is 0.571. The quantitative estimate of drug-likeness (QED) is 0.523. The van der Waals surface area contributed by atoms with Crippen LogP contribution >= 0.6 is 12.2 Å². The Morgan fingerprint density at radius 3 is 2.50 bits per heavy atom. The van der Waals surface area contributed by atoms with Gasteiger partial charge in [-0.05, 0) is 55.4 Å². The second kappa shape index (κ2) is 8.07. The summed E-state index contributed by atoms with van der Waals surface area (Å²) in [6.45, 7) is 0.872. The van der Waals surface area contributed by atoms with Crippen molar-refractivity contribution in [3.05, 3.63) is 35.4 Å². The lowest BCUT2D eigenvalue weighted by Crippen LogP contribution is -2.48. The highest BCUT2D eigenvalue weighted by molar-refractivity contribution is 7.80. The molecule has 3 fully saturated rings. The molecule has 0 unspecified atom stereocenters. The largest absolute Gasteiger partial charge is 0.360 e. The first-order valence-corrected chi connectivity index (χ1v) is 10.7. The molecule has 4 rings (SSSR count). The van der Waals surface area contributed by atoms with Crippen molar-refractivity contribution < 1.29 is 9.59 Å². The van der Waals surface area contributed by atoms with E-state index >= 15 is 0 Å². The fourth-order valence-electron chi connectivity index (χ4n) is 4.33. The van der Waals surface area contributed by atoms with Crippen molar-refractivity contribution in [1.82, 2.24) is 20.9 Å². The zero-order chi connectivity index (χ0) is 19.6. The Bertz CT molecular complexity index is 771. The van der Waals surface area contributed by atoms with Crippen LogP contribution in [0.25, 0.3) is 0 Å². The van der Waals surface area contributed by atoms with Gasteiger partial charge in [-0.25, -0.2) is 4.79 Å². The molecule has 7 heteroatoms. The first-order valence-electron chi connectivity index (χ1n) is 10.3. The van der Waals surface area contributed by atoms with Gasteiger partial charge in [-0.3, -0.25) is 9.69 Å². The number of benzene rings is 1. The molecule has 28 heavy (non-hydrogen) atoms. The van der Waals surface area contributed by atoms with E-state index in [0.717, 1.165) is 43.2 Å². The number of carbonyl (C=O) groups excluding carboxylic acids is 2. The van der Waals surface area contributed by atoms with Crippen LogP contribution in [0.2, 0.25) is 0 Å². The minimum absolute atomic E-state index is 0.0675. The number of urea groups is 1. The molecule has 0 radical (unpaired) electrons. The van der Waals surface area contributed by atoms with Crippen LogP contribution < -0.4 is 16.0 Å². The van der Waals surface area contributed by atoms with Crippen LogP contribution in [-0.2, 0) is 17.9 Å². The summed E-state index contributed by atoms with van der Waals surface area (Å²) in [5.41, 5.74) is 1.35. The third kappa shape index (κ3) is 3.85. The summed E-state index contributed by atoms with van der Waals surface area (Å²) >= 11 is 5.38. The number of nitrogens with one attached hydrogen (secondary N) is 3. The number of hydrogen-bond donors (Lipinski definition) is 3. The molecule has 2 saturated carbocycles. The molecular formula is C21H28N4O2S. The van der Waals surface area contributed by atoms with Gasteiger partial charge in [0.05, 0.1) is 6.54 Å². The van der Waals surface area contributed by atoms with Crippen molar-refractivity contribution in [1.29, 1.82) is 0 Å². The Labute approximate surface area is 171 Å². The molecule has 1 spiro atoms. The Balaban J connectivity index is 1.41. The summed E-state index contributed by atoms with van der Waals surface area (Å²) < 4.78 is 0. The summed E-state index contributed by atoms with van der Waals surface area (Å²) in [6, 6.07) is 8.13. The van der Waals surface area contributed by atoms with Crippen molar-refractivity contribution in [2.24, 2.45) is 0 Å². The summed E-state index contributed by atoms with van der Waals surface area (Å²) in [4.78, 5) is 27.0. The van der Waals surface area contributed by atoms with E-state index in [1.54, 1.807) is 0 Å². The van der Waals surface area contributed by atoms with E-state index in [9.17, 15) is 9.59 Å². The first kappa shape index (κ1) is 19.2. The lowest BCUT2D eigenvalue weighted by atomic mass is 9.81. The van der Waals surface area contributed by atoms with Gasteiger partial charge in [-0.2, -0.15) is 0 Å². The Morgan fingerprint density at radius 2 is 1.82 bits per heavy atom. The van der Waals surface area contributed by atoms with Gasteiger partial charge in [-0.1, -0.05) is 43.5 Å². The van der Waals surface area contributed by atoms with Gasteiger partial charge in [0.2, 0.25) is 0 Å². The average molecular weight is 401 g/mol. The van der Waals surface area contributed by atoms with Gasteiger partial charge < -0.3 is 16.0 Å². The van der Waals surface area contributed by atoms with Crippen LogP contribution in [0.4, 0.5) is 4.79 Å². The predicted octanol–water partition coefficient (Wildman–Crippen LogP) is 2.96. The molecule has 150 valence electrons. The lowest BCUT2D eigenvalue weighted by molar-refractivity contribution is -0.132. The number of nitrogens with zero attached hydrogens (tertiary/aromatic N) is 1. The standard InChI is InChI=1S/C21H28N4O2S/c26-18-21(11-4-1-5-12-21)24-20(27)25(18)14-16-8-3-2-7-15(16)13-22-19(28)23-17-9-6-10-17/h2-3,7-8,17H,1,4-6,9-14H2,(H,24,27)(H2,22,23,28). The molecule has 3 N–H and O–H groups in total. The SMILES string of the molecule is O=C1NC2(CCCCC2)C(=O)N1Cc1ccccc1CNC(=S)NC1CCC1. The number of thiocarbonyl (C=S) groups is 1. The van der Waals surface area contributed by atoms with Gasteiger partial charge in [0, 0.05) is 12.6 Å². The summed E-state index contributed by atoms with van der Waals surface area (Å²) in [5.74, 6) is -0.0675. The maximum absolute atomic E-state index is 13.0. The van der Waals surface area contributed by atoms with Crippen molar-refractivity contribution in [2.45, 2.75) is 76.0 Å². The van der Waals surface area contributed by atoms with Crippen LogP contribution in [0.15, 0.2) is 24.3 Å². The Kier molecular flexibility index (Phi) is 5.53. The van der Waals surface area contributed by atoms with Gasteiger partial charge in [0.15, 0.2) is 5.11 Å². The zero-order valence-electron chi connectivity index (χ0n) is 16.1. The Morgan fingerprint density at radius 1 is 1.11 bits per heavy atom. The second-order valence-electron chi connectivity index (χ2n) is 8.19. The van der Waals surface area contributed by atoms with Gasteiger partial charge in [0.25, 0.3) is 5.91 Å². The monoisotopic (exact) mass is 400 g/mol. The van der Waals surface area contributed by atoms with Crippen molar-refractivity contribution >= 4 is 29.3 Å². The van der Waals surface area contributed by atoms with Crippen LogP contribution in [0, 0.1) is 0 Å². The summed E-state index contributed by atoms with van der Waals surface area (Å²) in [5, 5.41) is 10.2. The van der Waals surface area contributed by atoms with E-state index in [0.29, 0.717) is 24.2 Å². The normalized spacial score (nSPS) is 21.4. The maximum atomic E-state index is 13.0. The van der Waals surface area contributed by atoms with E-state index in [2.05, 4.69) is 16.0 Å². The average Bonchev–Trinajstić information content (AvgIpc) is 2.88. The highest BCUT2D eigenvalue weighted by atomic mass is 32.1. The second-order valence-corrected chi connectivity index (χ2v) is 8.60. The van der Waals surface area contributed by atoms with Gasteiger partial charge in [0.1, 0.15) is 5.54 Å². The van der Waals surface area contributed by atoms with Crippen molar-refractivity contribution in [2.75, 3.05) is 0 Å². The first-order chi connectivity index (χ1) is 13.6. The topological polar surface area (TPSA) is 73.5 Å². The van der Waals surface area contributed by atoms with Gasteiger partial charge >= 0.3 is 6.03 Å². The maximum Gasteiger partial charge on any atom is 0.325 e. The minimum atomic E-state index is -0.670. The molecule has 1 aliphatic heterocycles. The van der Waals surface area contributed by atoms with Crippen LogP contribution in [0.1, 0.15) is 62.5 Å². The number of amides is 3. The van der Waals surface area contributed by atoms with Crippen molar-refractivity contribution in [3.8, 4) is 0 Å². The zero-order valence-corrected chi connectivity index (χ0v) is 16.9. The smallest absolute Gasteiger partial charge is 0.325 e. The molecule has 3 aliphatic rings. The lowest BCUT2D eigenvalue weighted by Gasteiger charge is -2.30. The molecule has 0 bridgehead atoms. The Hall–Kier alpha value is -2.15.